The number of rotatable bonds is 2. The van der Waals surface area contributed by atoms with Crippen molar-refractivity contribution in [1.82, 2.24) is 14.8 Å². The summed E-state index contributed by atoms with van der Waals surface area (Å²) in [5.74, 6) is -1.37. The molecule has 1 N–H and O–H groups in total. The molecule has 0 bridgehead atoms. The zero-order valence-corrected chi connectivity index (χ0v) is 15.5. The number of aromatic nitrogens is 3. The molecule has 2 aliphatic rings. The monoisotopic (exact) mass is 388 g/mol. The van der Waals surface area contributed by atoms with E-state index in [0.717, 1.165) is 5.56 Å². The van der Waals surface area contributed by atoms with Crippen molar-refractivity contribution in [2.75, 3.05) is 4.90 Å². The van der Waals surface area contributed by atoms with Crippen molar-refractivity contribution >= 4 is 17.6 Å². The van der Waals surface area contributed by atoms with Gasteiger partial charge < -0.3 is 5.11 Å². The minimum absolute atomic E-state index is 0.0351. The zero-order valence-electron chi connectivity index (χ0n) is 15.5. The number of nitrogens with zero attached hydrogens (tertiary/aromatic N) is 4. The SMILES string of the molecule is Cc1ccc(-c2nn3c(nc2=O)-c2ccccc2N2C(=O)CC[C@@]23C(=O)O)cc1. The Morgan fingerprint density at radius 2 is 1.83 bits per heavy atom. The lowest BCUT2D eigenvalue weighted by Crippen LogP contribution is -2.58. The van der Waals surface area contributed by atoms with Crippen LogP contribution in [0.25, 0.3) is 22.6 Å². The third kappa shape index (κ3) is 2.22. The van der Waals surface area contributed by atoms with Gasteiger partial charge in [-0.3, -0.25) is 14.5 Å². The molecule has 1 aromatic heterocycles. The number of carbonyl (C=O) groups is 2. The van der Waals surface area contributed by atoms with E-state index in [0.29, 0.717) is 16.8 Å². The van der Waals surface area contributed by atoms with Gasteiger partial charge in [0.25, 0.3) is 5.56 Å². The summed E-state index contributed by atoms with van der Waals surface area (Å²) in [6.45, 7) is 1.92. The number of fused-ring (bicyclic) bond motifs is 6. The van der Waals surface area contributed by atoms with Gasteiger partial charge in [0.15, 0.2) is 11.5 Å². The van der Waals surface area contributed by atoms with Crippen LogP contribution < -0.4 is 10.5 Å². The average Bonchev–Trinajstić information content (AvgIpc) is 3.07. The fourth-order valence-corrected chi connectivity index (χ4v) is 4.11. The fourth-order valence-electron chi connectivity index (χ4n) is 4.11. The largest absolute Gasteiger partial charge is 0.478 e. The lowest BCUT2D eigenvalue weighted by molar-refractivity contribution is -0.148. The number of hydrogen-bond acceptors (Lipinski definition) is 5. The number of carbonyl (C=O) groups excluding carboxylic acids is 1. The Morgan fingerprint density at radius 3 is 2.55 bits per heavy atom. The molecule has 0 unspecified atom stereocenters. The van der Waals surface area contributed by atoms with Gasteiger partial charge in [-0.2, -0.15) is 10.1 Å². The average molecular weight is 388 g/mol. The lowest BCUT2D eigenvalue weighted by Gasteiger charge is -2.41. The topological polar surface area (TPSA) is 105 Å². The van der Waals surface area contributed by atoms with Crippen LogP contribution in [0.4, 0.5) is 5.69 Å². The van der Waals surface area contributed by atoms with Crippen LogP contribution in [0, 0.1) is 6.92 Å². The molecule has 144 valence electrons. The maximum atomic E-state index is 12.8. The predicted octanol–water partition coefficient (Wildman–Crippen LogP) is 2.16. The van der Waals surface area contributed by atoms with Gasteiger partial charge in [0, 0.05) is 24.0 Å². The van der Waals surface area contributed by atoms with Crippen LogP contribution in [0.3, 0.4) is 0 Å². The van der Waals surface area contributed by atoms with Gasteiger partial charge in [-0.25, -0.2) is 9.48 Å². The first-order valence-corrected chi connectivity index (χ1v) is 9.18. The number of carboxylic acids is 1. The molecule has 0 radical (unpaired) electrons. The Bertz CT molecular complexity index is 1250. The molecule has 1 atom stereocenters. The number of aliphatic carboxylic acids is 1. The molecule has 3 aromatic rings. The maximum absolute atomic E-state index is 12.8. The van der Waals surface area contributed by atoms with Crippen LogP contribution in [-0.4, -0.2) is 31.7 Å². The van der Waals surface area contributed by atoms with E-state index < -0.39 is 17.2 Å². The smallest absolute Gasteiger partial charge is 0.353 e. The highest BCUT2D eigenvalue weighted by atomic mass is 16.4. The Balaban J connectivity index is 1.87. The molecule has 3 heterocycles. The van der Waals surface area contributed by atoms with E-state index >= 15 is 0 Å². The van der Waals surface area contributed by atoms with Crippen molar-refractivity contribution in [1.29, 1.82) is 0 Å². The van der Waals surface area contributed by atoms with Crippen LogP contribution in [-0.2, 0) is 15.3 Å². The summed E-state index contributed by atoms with van der Waals surface area (Å²) in [5, 5.41) is 14.6. The van der Waals surface area contributed by atoms with E-state index in [9.17, 15) is 19.5 Å². The van der Waals surface area contributed by atoms with Gasteiger partial charge in [0.1, 0.15) is 0 Å². The second-order valence-corrected chi connectivity index (χ2v) is 7.24. The van der Waals surface area contributed by atoms with Crippen LogP contribution in [0.5, 0.6) is 0 Å². The van der Waals surface area contributed by atoms with Crippen LogP contribution in [0.2, 0.25) is 0 Å². The highest BCUT2D eigenvalue weighted by Gasteiger charge is 2.58. The molecule has 0 saturated carbocycles. The van der Waals surface area contributed by atoms with Crippen LogP contribution >= 0.6 is 0 Å². The first-order valence-electron chi connectivity index (χ1n) is 9.18. The number of aryl methyl sites for hydroxylation is 1. The van der Waals surface area contributed by atoms with Crippen molar-refractivity contribution < 1.29 is 14.7 Å². The summed E-state index contributed by atoms with van der Waals surface area (Å²) in [7, 11) is 0. The lowest BCUT2D eigenvalue weighted by atomic mass is 10.00. The third-order valence-corrected chi connectivity index (χ3v) is 5.52. The molecule has 8 heteroatoms. The van der Waals surface area contributed by atoms with Crippen molar-refractivity contribution in [3.05, 3.63) is 64.4 Å². The number of para-hydroxylation sites is 1. The predicted molar refractivity (Wildman–Crippen MR) is 104 cm³/mol. The zero-order chi connectivity index (χ0) is 20.3. The third-order valence-electron chi connectivity index (χ3n) is 5.52. The molecular weight excluding hydrogens is 372 g/mol. The van der Waals surface area contributed by atoms with Gasteiger partial charge in [-0.05, 0) is 19.1 Å². The summed E-state index contributed by atoms with van der Waals surface area (Å²) in [6.07, 6.45) is 0.0983. The van der Waals surface area contributed by atoms with Gasteiger partial charge in [-0.1, -0.05) is 42.0 Å². The quantitative estimate of drug-likeness (QED) is 0.721. The Kier molecular flexibility index (Phi) is 3.48. The summed E-state index contributed by atoms with van der Waals surface area (Å²) in [5.41, 5.74) is 0.234. The molecule has 1 fully saturated rings. The number of hydrogen-bond donors (Lipinski definition) is 1. The van der Waals surface area contributed by atoms with E-state index in [2.05, 4.69) is 10.1 Å². The van der Waals surface area contributed by atoms with E-state index in [-0.39, 0.29) is 30.3 Å². The van der Waals surface area contributed by atoms with Crippen molar-refractivity contribution in [2.45, 2.75) is 25.4 Å². The van der Waals surface area contributed by atoms with E-state index in [1.807, 2.05) is 19.1 Å². The first kappa shape index (κ1) is 17.3. The highest BCUT2D eigenvalue weighted by molar-refractivity contribution is 6.07. The number of benzene rings is 2. The molecular formula is C21H16N4O4. The molecule has 5 rings (SSSR count). The molecule has 2 aromatic carbocycles. The van der Waals surface area contributed by atoms with Crippen LogP contribution in [0.15, 0.2) is 53.3 Å². The molecule has 8 nitrogen and oxygen atoms in total. The van der Waals surface area contributed by atoms with Crippen molar-refractivity contribution in [3.63, 3.8) is 0 Å². The van der Waals surface area contributed by atoms with Gasteiger partial charge in [-0.15, -0.1) is 0 Å². The summed E-state index contributed by atoms with van der Waals surface area (Å²) in [4.78, 5) is 43.5. The van der Waals surface area contributed by atoms with E-state index in [4.69, 9.17) is 0 Å². The summed E-state index contributed by atoms with van der Waals surface area (Å²) >= 11 is 0. The fraction of sp³-hybridized carbons (Fsp3) is 0.190. The van der Waals surface area contributed by atoms with E-state index in [1.54, 1.807) is 36.4 Å². The Labute approximate surface area is 165 Å². The molecule has 29 heavy (non-hydrogen) atoms. The minimum atomic E-state index is -1.75. The standard InChI is InChI=1S/C21H16N4O4/c1-12-6-8-13(9-7-12)17-19(27)22-18-14-4-2-3-5-15(14)24-16(26)10-11-21(24,20(28)29)25(18)23-17/h2-9H,10-11H2,1H3,(H,28,29)/t21-/m1/s1. The minimum Gasteiger partial charge on any atom is -0.478 e. The molecule has 0 aliphatic carbocycles. The number of carboxylic acid groups (broad SMARTS) is 1. The molecule has 1 amide bonds. The van der Waals surface area contributed by atoms with Gasteiger partial charge in [0.05, 0.1) is 5.69 Å². The number of anilines is 1. The Morgan fingerprint density at radius 1 is 1.10 bits per heavy atom. The Hall–Kier alpha value is -3.81. The van der Waals surface area contributed by atoms with Crippen molar-refractivity contribution in [3.8, 4) is 22.6 Å². The maximum Gasteiger partial charge on any atom is 0.353 e. The summed E-state index contributed by atoms with van der Waals surface area (Å²) < 4.78 is 1.24. The van der Waals surface area contributed by atoms with Crippen LogP contribution in [0.1, 0.15) is 18.4 Å². The normalized spacial score (nSPS) is 19.5. The molecule has 1 saturated heterocycles. The second-order valence-electron chi connectivity index (χ2n) is 7.24. The van der Waals surface area contributed by atoms with Gasteiger partial charge in [0.2, 0.25) is 11.6 Å². The highest BCUT2D eigenvalue weighted by Crippen LogP contribution is 2.47. The summed E-state index contributed by atoms with van der Waals surface area (Å²) in [6, 6.07) is 14.0. The first-order chi connectivity index (χ1) is 13.9. The number of amides is 1. The van der Waals surface area contributed by atoms with Gasteiger partial charge >= 0.3 is 5.97 Å². The van der Waals surface area contributed by atoms with E-state index in [1.165, 1.54) is 9.58 Å². The molecule has 0 spiro atoms. The second kappa shape index (κ2) is 5.84. The van der Waals surface area contributed by atoms with Crippen molar-refractivity contribution in [2.24, 2.45) is 0 Å². The molecule has 2 aliphatic heterocycles.